The van der Waals surface area contributed by atoms with Crippen LogP contribution in [0.5, 0.6) is 0 Å². The van der Waals surface area contributed by atoms with Crippen LogP contribution in [-0.4, -0.2) is 5.91 Å². The summed E-state index contributed by atoms with van der Waals surface area (Å²) in [6.07, 6.45) is 0. The van der Waals surface area contributed by atoms with Crippen LogP contribution < -0.4 is 5.43 Å². The SMILES string of the molecule is [C-]#[N+]NC(C)=O. The molecular formula is C3H4N2O. The lowest BCUT2D eigenvalue weighted by Gasteiger charge is -1.72. The lowest BCUT2D eigenvalue weighted by molar-refractivity contribution is -0.118. The first kappa shape index (κ1) is 4.96. The van der Waals surface area contributed by atoms with Crippen molar-refractivity contribution >= 4 is 5.91 Å². The summed E-state index contributed by atoms with van der Waals surface area (Å²) in [5.41, 5.74) is 1.86. The fraction of sp³-hybridized carbons (Fsp3) is 0.333. The minimum atomic E-state index is -0.315. The van der Waals surface area contributed by atoms with Gasteiger partial charge in [-0.1, -0.05) is 5.43 Å². The van der Waals surface area contributed by atoms with Gasteiger partial charge in [0.1, 0.15) is 0 Å². The number of nitrogens with one attached hydrogen (secondary N) is 1. The number of hydrogen-bond acceptors (Lipinski definition) is 1. The molecule has 0 rings (SSSR count). The predicted molar refractivity (Wildman–Crippen MR) is 20.4 cm³/mol. The van der Waals surface area contributed by atoms with Gasteiger partial charge in [-0.3, -0.25) is 4.79 Å². The van der Waals surface area contributed by atoms with Gasteiger partial charge < -0.3 is 0 Å². The Bertz CT molecular complexity index is 91.5. The summed E-state index contributed by atoms with van der Waals surface area (Å²) >= 11 is 0. The molecule has 3 nitrogen and oxygen atoms in total. The molecule has 0 saturated carbocycles. The van der Waals surface area contributed by atoms with Crippen molar-refractivity contribution in [3.63, 3.8) is 0 Å². The Morgan fingerprint density at radius 2 is 2.50 bits per heavy atom. The van der Waals surface area contributed by atoms with Crippen LogP contribution in [0.4, 0.5) is 0 Å². The summed E-state index contributed by atoms with van der Waals surface area (Å²) in [4.78, 5) is 12.3. The molecule has 1 amide bonds. The van der Waals surface area contributed by atoms with Crippen LogP contribution in [-0.2, 0) is 4.79 Å². The standard InChI is InChI=1S/C3H4N2O/c1-3(6)5-4-2/h1H3,(H,5,6). The maximum atomic E-state index is 9.72. The summed E-state index contributed by atoms with van der Waals surface area (Å²) < 4.78 is 0. The highest BCUT2D eigenvalue weighted by molar-refractivity contribution is 5.73. The van der Waals surface area contributed by atoms with Crippen molar-refractivity contribution in [2.75, 3.05) is 0 Å². The number of nitrogens with zero attached hydrogens (tertiary/aromatic N) is 1. The molecule has 6 heavy (non-hydrogen) atoms. The molecule has 0 aromatic heterocycles. The van der Waals surface area contributed by atoms with Gasteiger partial charge in [0.25, 0.3) is 5.91 Å². The van der Waals surface area contributed by atoms with E-state index in [-0.39, 0.29) is 5.91 Å². The monoisotopic (exact) mass is 84.0 g/mol. The number of rotatable bonds is 0. The fourth-order valence-electron chi connectivity index (χ4n) is 0.0787. The smallest absolute Gasteiger partial charge is 0.269 e. The third-order valence-electron chi connectivity index (χ3n) is 0.213. The summed E-state index contributed by atoms with van der Waals surface area (Å²) in [5, 5.41) is 0. The first-order valence-corrected chi connectivity index (χ1v) is 1.40. The summed E-state index contributed by atoms with van der Waals surface area (Å²) in [6.45, 7) is 7.32. The molecule has 0 heterocycles. The molecule has 0 radical (unpaired) electrons. The van der Waals surface area contributed by atoms with Crippen molar-refractivity contribution in [2.24, 2.45) is 0 Å². The van der Waals surface area contributed by atoms with Gasteiger partial charge in [-0.2, -0.15) is 11.5 Å². The third kappa shape index (κ3) is 2.96. The first-order chi connectivity index (χ1) is 2.77. The molecule has 0 aliphatic rings. The highest BCUT2D eigenvalue weighted by Gasteiger charge is 1.83. The van der Waals surface area contributed by atoms with Gasteiger partial charge in [0.05, 0.1) is 0 Å². The van der Waals surface area contributed by atoms with Gasteiger partial charge >= 0.3 is 0 Å². The van der Waals surface area contributed by atoms with Crippen molar-refractivity contribution in [3.8, 4) is 0 Å². The maximum absolute atomic E-state index is 9.72. The Hall–Kier alpha value is -1.04. The highest BCUT2D eigenvalue weighted by Crippen LogP contribution is 1.54. The highest BCUT2D eigenvalue weighted by atomic mass is 16.2. The molecule has 0 atom stereocenters. The summed E-state index contributed by atoms with van der Waals surface area (Å²) in [7, 11) is 0. The van der Waals surface area contributed by atoms with Gasteiger partial charge in [-0.25, -0.2) is 0 Å². The molecule has 0 saturated heterocycles. The number of hydrogen-bond donors (Lipinski definition) is 1. The van der Waals surface area contributed by atoms with Crippen molar-refractivity contribution < 1.29 is 4.79 Å². The minimum absolute atomic E-state index is 0.315. The van der Waals surface area contributed by atoms with E-state index in [4.69, 9.17) is 6.57 Å². The molecule has 0 aromatic rings. The Morgan fingerprint density at radius 3 is 2.50 bits per heavy atom. The average Bonchev–Trinajstić information content (AvgIpc) is 1.35. The van der Waals surface area contributed by atoms with E-state index in [0.29, 0.717) is 0 Å². The first-order valence-electron chi connectivity index (χ1n) is 1.40. The number of carbonyl (C=O) groups is 1. The lowest BCUT2D eigenvalue weighted by Crippen LogP contribution is -2.08. The Labute approximate surface area is 35.8 Å². The minimum Gasteiger partial charge on any atom is -0.269 e. The number of carbonyl (C=O) groups excluding carboxylic acids is 1. The van der Waals surface area contributed by atoms with Gasteiger partial charge in [0, 0.05) is 6.92 Å². The topological polar surface area (TPSA) is 33.5 Å². The van der Waals surface area contributed by atoms with E-state index in [1.165, 1.54) is 6.92 Å². The van der Waals surface area contributed by atoms with E-state index in [2.05, 4.69) is 4.95 Å². The van der Waals surface area contributed by atoms with Crippen LogP contribution in [0.3, 0.4) is 0 Å². The zero-order valence-electron chi connectivity index (χ0n) is 3.36. The number of amides is 1. The second-order valence-corrected chi connectivity index (χ2v) is 0.780. The van der Waals surface area contributed by atoms with Crippen LogP contribution in [0.25, 0.3) is 4.95 Å². The molecule has 0 aromatic carbocycles. The van der Waals surface area contributed by atoms with Crippen LogP contribution in [0.1, 0.15) is 6.92 Å². The molecule has 3 heteroatoms. The Balaban J connectivity index is 3.13. The zero-order valence-corrected chi connectivity index (χ0v) is 3.36. The molecular weight excluding hydrogens is 80.0 g/mol. The summed E-state index contributed by atoms with van der Waals surface area (Å²) in [5.74, 6) is -0.315. The van der Waals surface area contributed by atoms with E-state index in [0.717, 1.165) is 0 Å². The van der Waals surface area contributed by atoms with Crippen LogP contribution >= 0.6 is 0 Å². The van der Waals surface area contributed by atoms with Crippen LogP contribution in [0, 0.1) is 6.57 Å². The second kappa shape index (κ2) is 2.21. The Morgan fingerprint density at radius 1 is 2.00 bits per heavy atom. The molecule has 0 bridgehead atoms. The zero-order chi connectivity index (χ0) is 4.99. The third-order valence-corrected chi connectivity index (χ3v) is 0.213. The van der Waals surface area contributed by atoms with Gasteiger partial charge in [0.15, 0.2) is 0 Å². The van der Waals surface area contributed by atoms with E-state index in [1.807, 2.05) is 5.43 Å². The normalized spacial score (nSPS) is 6.00. The van der Waals surface area contributed by atoms with Gasteiger partial charge in [-0.05, 0) is 0 Å². The van der Waals surface area contributed by atoms with E-state index >= 15 is 0 Å². The van der Waals surface area contributed by atoms with Gasteiger partial charge in [0.2, 0.25) is 0 Å². The molecule has 0 spiro atoms. The van der Waals surface area contributed by atoms with E-state index < -0.39 is 0 Å². The van der Waals surface area contributed by atoms with Gasteiger partial charge in [-0.15, -0.1) is 0 Å². The van der Waals surface area contributed by atoms with E-state index in [1.54, 1.807) is 0 Å². The van der Waals surface area contributed by atoms with E-state index in [9.17, 15) is 4.79 Å². The van der Waals surface area contributed by atoms with Crippen LogP contribution in [0.15, 0.2) is 0 Å². The van der Waals surface area contributed by atoms with Crippen molar-refractivity contribution in [1.82, 2.24) is 5.43 Å². The molecule has 1 N–H and O–H groups in total. The second-order valence-electron chi connectivity index (χ2n) is 0.780. The maximum Gasteiger partial charge on any atom is 0.285 e. The largest absolute Gasteiger partial charge is 0.285 e. The molecule has 0 fully saturated rings. The molecule has 0 aliphatic heterocycles. The fourth-order valence-corrected chi connectivity index (χ4v) is 0.0787. The molecule has 0 unspecified atom stereocenters. The molecule has 32 valence electrons. The average molecular weight is 84.1 g/mol. The molecule has 0 aliphatic carbocycles. The van der Waals surface area contributed by atoms with Crippen molar-refractivity contribution in [3.05, 3.63) is 11.5 Å². The van der Waals surface area contributed by atoms with Crippen LogP contribution in [0.2, 0.25) is 0 Å². The lowest BCUT2D eigenvalue weighted by atomic mass is 10.8. The van der Waals surface area contributed by atoms with Crippen molar-refractivity contribution in [2.45, 2.75) is 6.92 Å². The quantitative estimate of drug-likeness (QED) is 0.324. The summed E-state index contributed by atoms with van der Waals surface area (Å²) in [6, 6.07) is 0. The predicted octanol–water partition coefficient (Wildman–Crippen LogP) is -0.0432. The van der Waals surface area contributed by atoms with Crippen molar-refractivity contribution in [1.29, 1.82) is 0 Å². The Kier molecular flexibility index (Phi) is 1.83.